The smallest absolute Gasteiger partial charge is 0.344 e. The number of nitrogens with zero attached hydrogens (tertiary/aromatic N) is 2. The van der Waals surface area contributed by atoms with Gasteiger partial charge in [0.1, 0.15) is 5.82 Å². The summed E-state index contributed by atoms with van der Waals surface area (Å²) in [6.07, 6.45) is 0. The van der Waals surface area contributed by atoms with Crippen LogP contribution in [0.1, 0.15) is 10.4 Å². The number of ether oxygens (including phenoxy) is 1. The van der Waals surface area contributed by atoms with Crippen LogP contribution in [0.2, 0.25) is 0 Å². The molecule has 3 aromatic carbocycles. The van der Waals surface area contributed by atoms with Crippen LogP contribution >= 0.6 is 0 Å². The van der Waals surface area contributed by atoms with E-state index in [1.807, 2.05) is 0 Å². The van der Waals surface area contributed by atoms with Crippen molar-refractivity contribution in [2.24, 2.45) is 0 Å². The first-order chi connectivity index (χ1) is 13.1. The predicted octanol–water partition coefficient (Wildman–Crippen LogP) is 3.74. The Balaban J connectivity index is 1.87. The SMILES string of the molecule is O=C(Oc1nn(-c2ccc(F)cc2)c(=O)c2ccccc12)c1ccccc1. The molecular formula is C21H13FN2O3. The molecule has 1 heterocycles. The van der Waals surface area contributed by atoms with Crippen molar-refractivity contribution in [3.63, 3.8) is 0 Å². The van der Waals surface area contributed by atoms with Crippen LogP contribution in [-0.4, -0.2) is 15.7 Å². The van der Waals surface area contributed by atoms with Gasteiger partial charge in [-0.3, -0.25) is 4.79 Å². The van der Waals surface area contributed by atoms with E-state index in [1.54, 1.807) is 54.6 Å². The third kappa shape index (κ3) is 3.20. The Hall–Kier alpha value is -3.80. The molecule has 0 atom stereocenters. The molecule has 0 aliphatic heterocycles. The maximum atomic E-state index is 13.2. The fraction of sp³-hybridized carbons (Fsp3) is 0. The van der Waals surface area contributed by atoms with Gasteiger partial charge in [0, 0.05) is 0 Å². The molecule has 0 saturated heterocycles. The predicted molar refractivity (Wildman–Crippen MR) is 98.7 cm³/mol. The number of hydrogen-bond donors (Lipinski definition) is 0. The van der Waals surface area contributed by atoms with Crippen molar-refractivity contribution in [3.8, 4) is 11.6 Å². The number of esters is 1. The van der Waals surface area contributed by atoms with E-state index in [0.29, 0.717) is 22.0 Å². The van der Waals surface area contributed by atoms with Crippen LogP contribution in [0.5, 0.6) is 5.88 Å². The first kappa shape index (κ1) is 16.7. The van der Waals surface area contributed by atoms with Crippen molar-refractivity contribution in [1.82, 2.24) is 9.78 Å². The van der Waals surface area contributed by atoms with E-state index in [2.05, 4.69) is 5.10 Å². The van der Waals surface area contributed by atoms with Crippen molar-refractivity contribution < 1.29 is 13.9 Å². The summed E-state index contributed by atoms with van der Waals surface area (Å²) in [5, 5.41) is 4.97. The normalized spacial score (nSPS) is 10.7. The van der Waals surface area contributed by atoms with Crippen molar-refractivity contribution >= 4 is 16.7 Å². The summed E-state index contributed by atoms with van der Waals surface area (Å²) in [6.45, 7) is 0. The second-order valence-electron chi connectivity index (χ2n) is 5.80. The van der Waals surface area contributed by atoms with Gasteiger partial charge in [-0.25, -0.2) is 9.18 Å². The summed E-state index contributed by atoms with van der Waals surface area (Å²) in [6, 6.07) is 20.5. The highest BCUT2D eigenvalue weighted by Crippen LogP contribution is 2.22. The summed E-state index contributed by atoms with van der Waals surface area (Å²) in [5.74, 6) is -1.01. The summed E-state index contributed by atoms with van der Waals surface area (Å²) in [5.41, 5.74) is 0.337. The fourth-order valence-electron chi connectivity index (χ4n) is 2.71. The van der Waals surface area contributed by atoms with Crippen LogP contribution in [-0.2, 0) is 0 Å². The maximum Gasteiger partial charge on any atom is 0.344 e. The van der Waals surface area contributed by atoms with Crippen molar-refractivity contribution in [1.29, 1.82) is 0 Å². The lowest BCUT2D eigenvalue weighted by molar-refractivity contribution is 0.0727. The Kier molecular flexibility index (Phi) is 4.22. The maximum absolute atomic E-state index is 13.2. The highest BCUT2D eigenvalue weighted by Gasteiger charge is 2.16. The van der Waals surface area contributed by atoms with E-state index in [1.165, 1.54) is 24.3 Å². The van der Waals surface area contributed by atoms with E-state index in [0.717, 1.165) is 4.68 Å². The molecule has 0 spiro atoms. The molecule has 6 heteroatoms. The Morgan fingerprint density at radius 3 is 2.19 bits per heavy atom. The van der Waals surface area contributed by atoms with Crippen LogP contribution in [0.4, 0.5) is 4.39 Å². The van der Waals surface area contributed by atoms with Gasteiger partial charge in [0.05, 0.1) is 22.0 Å². The minimum absolute atomic E-state index is 0.00313. The zero-order valence-electron chi connectivity index (χ0n) is 14.0. The molecule has 0 aliphatic rings. The Morgan fingerprint density at radius 2 is 1.48 bits per heavy atom. The van der Waals surface area contributed by atoms with Gasteiger partial charge < -0.3 is 4.74 Å². The number of halogens is 1. The van der Waals surface area contributed by atoms with Gasteiger partial charge in [-0.1, -0.05) is 30.3 Å². The largest absolute Gasteiger partial charge is 0.402 e. The standard InChI is InChI=1S/C21H13FN2O3/c22-15-10-12-16(13-11-15)24-20(25)18-9-5-4-8-17(18)19(23-24)27-21(26)14-6-2-1-3-7-14/h1-13H. The van der Waals surface area contributed by atoms with Crippen LogP contribution in [0, 0.1) is 5.82 Å². The van der Waals surface area contributed by atoms with Crippen LogP contribution in [0.25, 0.3) is 16.5 Å². The minimum atomic E-state index is -0.586. The highest BCUT2D eigenvalue weighted by molar-refractivity contribution is 5.94. The molecule has 0 radical (unpaired) electrons. The zero-order valence-corrected chi connectivity index (χ0v) is 14.0. The Morgan fingerprint density at radius 1 is 0.852 bits per heavy atom. The number of benzene rings is 3. The summed E-state index contributed by atoms with van der Waals surface area (Å²) >= 11 is 0. The third-order valence-electron chi connectivity index (χ3n) is 4.04. The second-order valence-corrected chi connectivity index (χ2v) is 5.80. The van der Waals surface area contributed by atoms with E-state index < -0.39 is 17.3 Å². The molecule has 0 bridgehead atoms. The lowest BCUT2D eigenvalue weighted by atomic mass is 10.2. The molecule has 0 fully saturated rings. The Labute approximate surface area is 153 Å². The quantitative estimate of drug-likeness (QED) is 0.522. The number of rotatable bonds is 3. The third-order valence-corrected chi connectivity index (χ3v) is 4.04. The molecule has 4 rings (SSSR count). The van der Waals surface area contributed by atoms with Gasteiger partial charge in [0.15, 0.2) is 0 Å². The van der Waals surface area contributed by atoms with Crippen LogP contribution < -0.4 is 10.3 Å². The lowest BCUT2D eigenvalue weighted by Gasteiger charge is -2.11. The monoisotopic (exact) mass is 360 g/mol. The lowest BCUT2D eigenvalue weighted by Crippen LogP contribution is -2.23. The molecule has 0 amide bonds. The molecule has 1 aromatic heterocycles. The molecule has 0 aliphatic carbocycles. The summed E-state index contributed by atoms with van der Waals surface area (Å²) in [4.78, 5) is 25.2. The molecule has 0 unspecified atom stereocenters. The first-order valence-electron chi connectivity index (χ1n) is 8.19. The minimum Gasteiger partial charge on any atom is -0.402 e. The molecule has 0 saturated carbocycles. The first-order valence-corrected chi connectivity index (χ1v) is 8.19. The second kappa shape index (κ2) is 6.84. The van der Waals surface area contributed by atoms with Crippen molar-refractivity contribution in [2.75, 3.05) is 0 Å². The zero-order chi connectivity index (χ0) is 18.8. The van der Waals surface area contributed by atoms with Crippen molar-refractivity contribution in [2.45, 2.75) is 0 Å². The summed E-state index contributed by atoms with van der Waals surface area (Å²) < 4.78 is 19.8. The van der Waals surface area contributed by atoms with Crippen LogP contribution in [0.3, 0.4) is 0 Å². The number of carbonyl (C=O) groups excluding carboxylic acids is 1. The molecule has 132 valence electrons. The molecule has 4 aromatic rings. The average molecular weight is 360 g/mol. The number of aromatic nitrogens is 2. The van der Waals surface area contributed by atoms with Crippen LogP contribution in [0.15, 0.2) is 83.7 Å². The number of fused-ring (bicyclic) bond motifs is 1. The van der Waals surface area contributed by atoms with E-state index in [4.69, 9.17) is 4.74 Å². The van der Waals surface area contributed by atoms with Gasteiger partial charge in [0.25, 0.3) is 5.56 Å². The van der Waals surface area contributed by atoms with Gasteiger partial charge in [-0.2, -0.15) is 4.68 Å². The molecule has 0 N–H and O–H groups in total. The van der Waals surface area contributed by atoms with Gasteiger partial charge in [-0.05, 0) is 48.5 Å². The van der Waals surface area contributed by atoms with Crippen molar-refractivity contribution in [3.05, 3.63) is 101 Å². The highest BCUT2D eigenvalue weighted by atomic mass is 19.1. The topological polar surface area (TPSA) is 61.2 Å². The van der Waals surface area contributed by atoms with Gasteiger partial charge in [0.2, 0.25) is 5.88 Å². The van der Waals surface area contributed by atoms with E-state index in [-0.39, 0.29) is 5.88 Å². The number of hydrogen-bond acceptors (Lipinski definition) is 4. The molecule has 5 nitrogen and oxygen atoms in total. The van der Waals surface area contributed by atoms with E-state index >= 15 is 0 Å². The fourth-order valence-corrected chi connectivity index (χ4v) is 2.71. The average Bonchev–Trinajstić information content (AvgIpc) is 2.71. The molecule has 27 heavy (non-hydrogen) atoms. The van der Waals surface area contributed by atoms with Gasteiger partial charge >= 0.3 is 5.97 Å². The van der Waals surface area contributed by atoms with Gasteiger partial charge in [-0.15, -0.1) is 5.10 Å². The summed E-state index contributed by atoms with van der Waals surface area (Å²) in [7, 11) is 0. The van der Waals surface area contributed by atoms with E-state index in [9.17, 15) is 14.0 Å². The molecular weight excluding hydrogens is 347 g/mol. The number of carbonyl (C=O) groups is 1. The Bertz CT molecular complexity index is 1190.